The first-order valence-corrected chi connectivity index (χ1v) is 4.90. The summed E-state index contributed by atoms with van der Waals surface area (Å²) in [7, 11) is 0. The Morgan fingerprint density at radius 1 is 1.27 bits per heavy atom. The summed E-state index contributed by atoms with van der Waals surface area (Å²) in [5, 5.41) is 13.9. The standard InChI is InChI=1S/C10H17N3O2/c1-7(2)9(6-11)10(15)13-5-4-12-8(3)14/h7,9H,4-5H2,1-3H3,(H,12,14)(H,13,15). The van der Waals surface area contributed by atoms with Crippen molar-refractivity contribution in [2.45, 2.75) is 20.8 Å². The number of carbonyl (C=O) groups is 2. The zero-order valence-electron chi connectivity index (χ0n) is 9.33. The molecule has 84 valence electrons. The molecule has 2 amide bonds. The van der Waals surface area contributed by atoms with Crippen molar-refractivity contribution in [3.05, 3.63) is 0 Å². The summed E-state index contributed by atoms with van der Waals surface area (Å²) < 4.78 is 0. The maximum absolute atomic E-state index is 11.4. The maximum Gasteiger partial charge on any atom is 0.237 e. The fourth-order valence-electron chi connectivity index (χ4n) is 1.04. The maximum atomic E-state index is 11.4. The lowest BCUT2D eigenvalue weighted by molar-refractivity contribution is -0.124. The van der Waals surface area contributed by atoms with E-state index in [2.05, 4.69) is 10.6 Å². The van der Waals surface area contributed by atoms with E-state index in [1.165, 1.54) is 6.92 Å². The number of nitrogens with one attached hydrogen (secondary N) is 2. The Bertz CT molecular complexity index is 268. The molecule has 1 unspecified atom stereocenters. The van der Waals surface area contributed by atoms with Crippen LogP contribution in [-0.2, 0) is 9.59 Å². The first kappa shape index (κ1) is 13.4. The zero-order chi connectivity index (χ0) is 11.8. The highest BCUT2D eigenvalue weighted by molar-refractivity contribution is 5.81. The van der Waals surface area contributed by atoms with Crippen LogP contribution in [0.4, 0.5) is 0 Å². The second-order valence-corrected chi connectivity index (χ2v) is 3.62. The predicted molar refractivity (Wildman–Crippen MR) is 55.6 cm³/mol. The van der Waals surface area contributed by atoms with Crippen LogP contribution in [0, 0.1) is 23.2 Å². The van der Waals surface area contributed by atoms with Gasteiger partial charge in [-0.15, -0.1) is 0 Å². The quantitative estimate of drug-likeness (QED) is 0.630. The molecule has 0 saturated heterocycles. The minimum absolute atomic E-state index is 0.00392. The molecule has 0 aliphatic carbocycles. The van der Waals surface area contributed by atoms with Crippen LogP contribution in [0.2, 0.25) is 0 Å². The molecule has 0 aromatic carbocycles. The van der Waals surface area contributed by atoms with E-state index in [0.717, 1.165) is 0 Å². The minimum atomic E-state index is -0.623. The summed E-state index contributed by atoms with van der Waals surface area (Å²) in [5.74, 6) is -1.04. The molecule has 0 radical (unpaired) electrons. The van der Waals surface area contributed by atoms with Crippen molar-refractivity contribution in [1.29, 1.82) is 5.26 Å². The molecule has 5 heteroatoms. The van der Waals surface area contributed by atoms with Gasteiger partial charge in [0.15, 0.2) is 0 Å². The Balaban J connectivity index is 3.83. The molecule has 0 rings (SSSR count). The van der Waals surface area contributed by atoms with Crippen molar-refractivity contribution in [2.75, 3.05) is 13.1 Å². The summed E-state index contributed by atoms with van der Waals surface area (Å²) in [6, 6.07) is 1.95. The molecular formula is C10H17N3O2. The third-order valence-corrected chi connectivity index (χ3v) is 1.89. The van der Waals surface area contributed by atoms with Crippen molar-refractivity contribution in [3.8, 4) is 6.07 Å². The third-order valence-electron chi connectivity index (χ3n) is 1.89. The highest BCUT2D eigenvalue weighted by atomic mass is 16.2. The molecule has 0 aliphatic heterocycles. The SMILES string of the molecule is CC(=O)NCCNC(=O)C(C#N)C(C)C. The molecule has 1 atom stereocenters. The number of hydrogen-bond donors (Lipinski definition) is 2. The lowest BCUT2D eigenvalue weighted by Crippen LogP contribution is -2.38. The van der Waals surface area contributed by atoms with E-state index in [9.17, 15) is 9.59 Å². The first-order chi connectivity index (χ1) is 6.99. The number of carbonyl (C=O) groups excluding carboxylic acids is 2. The molecule has 2 N–H and O–H groups in total. The summed E-state index contributed by atoms with van der Waals surface area (Å²) in [4.78, 5) is 21.9. The largest absolute Gasteiger partial charge is 0.355 e. The third kappa shape index (κ3) is 5.68. The highest BCUT2D eigenvalue weighted by Gasteiger charge is 2.20. The molecule has 0 heterocycles. The smallest absolute Gasteiger partial charge is 0.237 e. The van der Waals surface area contributed by atoms with E-state index in [-0.39, 0.29) is 17.7 Å². The first-order valence-electron chi connectivity index (χ1n) is 4.90. The van der Waals surface area contributed by atoms with Gasteiger partial charge in [-0.25, -0.2) is 0 Å². The van der Waals surface area contributed by atoms with Gasteiger partial charge in [-0.2, -0.15) is 5.26 Å². The Kier molecular flexibility index (Phi) is 6.11. The van der Waals surface area contributed by atoms with Gasteiger partial charge in [0.25, 0.3) is 0 Å². The monoisotopic (exact) mass is 211 g/mol. The van der Waals surface area contributed by atoms with E-state index in [1.54, 1.807) is 0 Å². The van der Waals surface area contributed by atoms with Crippen molar-refractivity contribution >= 4 is 11.8 Å². The van der Waals surface area contributed by atoms with E-state index >= 15 is 0 Å². The summed E-state index contributed by atoms with van der Waals surface area (Å²) in [6.07, 6.45) is 0. The van der Waals surface area contributed by atoms with Gasteiger partial charge < -0.3 is 10.6 Å². The van der Waals surface area contributed by atoms with E-state index < -0.39 is 5.92 Å². The van der Waals surface area contributed by atoms with Gasteiger partial charge in [0.05, 0.1) is 6.07 Å². The number of amides is 2. The average molecular weight is 211 g/mol. The van der Waals surface area contributed by atoms with Crippen LogP contribution in [-0.4, -0.2) is 24.9 Å². The molecule has 15 heavy (non-hydrogen) atoms. The predicted octanol–water partition coefficient (Wildman–Crippen LogP) is 0.0345. The summed E-state index contributed by atoms with van der Waals surface area (Å²) in [6.45, 7) is 5.79. The number of nitrogens with zero attached hydrogens (tertiary/aromatic N) is 1. The Labute approximate surface area is 89.8 Å². The number of nitriles is 1. The zero-order valence-corrected chi connectivity index (χ0v) is 9.33. The van der Waals surface area contributed by atoms with Gasteiger partial charge in [-0.1, -0.05) is 13.8 Å². The second-order valence-electron chi connectivity index (χ2n) is 3.62. The lowest BCUT2D eigenvalue weighted by Gasteiger charge is -2.12. The Hall–Kier alpha value is -1.57. The van der Waals surface area contributed by atoms with Crippen molar-refractivity contribution in [3.63, 3.8) is 0 Å². The van der Waals surface area contributed by atoms with Gasteiger partial charge in [-0.3, -0.25) is 9.59 Å². The van der Waals surface area contributed by atoms with E-state index in [1.807, 2.05) is 19.9 Å². The van der Waals surface area contributed by atoms with Gasteiger partial charge in [0.1, 0.15) is 5.92 Å². The molecule has 0 saturated carbocycles. The Morgan fingerprint density at radius 3 is 2.20 bits per heavy atom. The van der Waals surface area contributed by atoms with Crippen LogP contribution in [0.1, 0.15) is 20.8 Å². The van der Waals surface area contributed by atoms with Crippen molar-refractivity contribution < 1.29 is 9.59 Å². The van der Waals surface area contributed by atoms with Gasteiger partial charge in [-0.05, 0) is 5.92 Å². The van der Waals surface area contributed by atoms with E-state index in [4.69, 9.17) is 5.26 Å². The molecule has 0 fully saturated rings. The van der Waals surface area contributed by atoms with Crippen LogP contribution in [0.25, 0.3) is 0 Å². The fraction of sp³-hybridized carbons (Fsp3) is 0.700. The number of rotatable bonds is 5. The minimum Gasteiger partial charge on any atom is -0.355 e. The normalized spacial score (nSPS) is 11.7. The van der Waals surface area contributed by atoms with Crippen molar-refractivity contribution in [2.24, 2.45) is 11.8 Å². The average Bonchev–Trinajstić information content (AvgIpc) is 2.12. The molecule has 0 bridgehead atoms. The fourth-order valence-corrected chi connectivity index (χ4v) is 1.04. The van der Waals surface area contributed by atoms with Gasteiger partial charge >= 0.3 is 0 Å². The van der Waals surface area contributed by atoms with Gasteiger partial charge in [0.2, 0.25) is 11.8 Å². The molecule has 0 aromatic rings. The van der Waals surface area contributed by atoms with Crippen LogP contribution in [0.3, 0.4) is 0 Å². The van der Waals surface area contributed by atoms with Crippen LogP contribution in [0.15, 0.2) is 0 Å². The molecule has 0 aromatic heterocycles. The van der Waals surface area contributed by atoms with E-state index in [0.29, 0.717) is 13.1 Å². The molecule has 5 nitrogen and oxygen atoms in total. The summed E-state index contributed by atoms with van der Waals surface area (Å²) in [5.41, 5.74) is 0. The molecule has 0 aliphatic rings. The second kappa shape index (κ2) is 6.82. The van der Waals surface area contributed by atoms with Crippen molar-refractivity contribution in [1.82, 2.24) is 10.6 Å². The highest BCUT2D eigenvalue weighted by Crippen LogP contribution is 2.08. The Morgan fingerprint density at radius 2 is 1.80 bits per heavy atom. The number of hydrogen-bond acceptors (Lipinski definition) is 3. The van der Waals surface area contributed by atoms with Crippen LogP contribution < -0.4 is 10.6 Å². The molecular weight excluding hydrogens is 194 g/mol. The molecule has 0 spiro atoms. The topological polar surface area (TPSA) is 82.0 Å². The van der Waals surface area contributed by atoms with Crippen LogP contribution >= 0.6 is 0 Å². The lowest BCUT2D eigenvalue weighted by atomic mass is 9.97. The van der Waals surface area contributed by atoms with Gasteiger partial charge in [0, 0.05) is 20.0 Å². The van der Waals surface area contributed by atoms with Crippen LogP contribution in [0.5, 0.6) is 0 Å². The summed E-state index contributed by atoms with van der Waals surface area (Å²) >= 11 is 0.